The molecule has 0 aliphatic carbocycles. The van der Waals surface area contributed by atoms with Crippen molar-refractivity contribution < 1.29 is 9.47 Å². The Balaban J connectivity index is 1.78. The standard InChI is InChI=1S/C16H18O2/c1-13-10-14(2)12-16(11-13)18-9-8-17-15-6-4-3-5-7-15/h3-7,10-12H,8-9H2,1-2H3. The Morgan fingerprint density at radius 2 is 1.28 bits per heavy atom. The van der Waals surface area contributed by atoms with Gasteiger partial charge >= 0.3 is 0 Å². The number of ether oxygens (including phenoxy) is 2. The first-order chi connectivity index (χ1) is 8.74. The molecule has 0 heterocycles. The minimum absolute atomic E-state index is 0.553. The lowest BCUT2D eigenvalue weighted by atomic mass is 10.1. The van der Waals surface area contributed by atoms with E-state index in [1.54, 1.807) is 0 Å². The van der Waals surface area contributed by atoms with Gasteiger partial charge in [-0.2, -0.15) is 0 Å². The number of benzene rings is 2. The minimum atomic E-state index is 0.553. The monoisotopic (exact) mass is 242 g/mol. The van der Waals surface area contributed by atoms with Gasteiger partial charge in [0.05, 0.1) is 0 Å². The van der Waals surface area contributed by atoms with Crippen LogP contribution in [-0.2, 0) is 0 Å². The molecule has 94 valence electrons. The third-order valence-electron chi connectivity index (χ3n) is 2.56. The maximum Gasteiger partial charge on any atom is 0.122 e. The molecule has 0 amide bonds. The third-order valence-corrected chi connectivity index (χ3v) is 2.56. The van der Waals surface area contributed by atoms with E-state index in [1.807, 2.05) is 42.5 Å². The van der Waals surface area contributed by atoms with E-state index in [-0.39, 0.29) is 0 Å². The SMILES string of the molecule is Cc1cc(C)cc(OCCOc2ccccc2)c1. The van der Waals surface area contributed by atoms with Crippen LogP contribution in [0.1, 0.15) is 11.1 Å². The van der Waals surface area contributed by atoms with Gasteiger partial charge in [0.15, 0.2) is 0 Å². The minimum Gasteiger partial charge on any atom is -0.490 e. The highest BCUT2D eigenvalue weighted by atomic mass is 16.5. The molecule has 0 aliphatic rings. The predicted octanol–water partition coefficient (Wildman–Crippen LogP) is 3.76. The fourth-order valence-electron chi connectivity index (χ4n) is 1.85. The van der Waals surface area contributed by atoms with Gasteiger partial charge in [-0.3, -0.25) is 0 Å². The molecular formula is C16H18O2. The van der Waals surface area contributed by atoms with Crippen LogP contribution in [0.2, 0.25) is 0 Å². The van der Waals surface area contributed by atoms with E-state index in [1.165, 1.54) is 11.1 Å². The summed E-state index contributed by atoms with van der Waals surface area (Å²) in [6, 6.07) is 16.0. The van der Waals surface area contributed by atoms with Gasteiger partial charge in [-0.15, -0.1) is 0 Å². The summed E-state index contributed by atoms with van der Waals surface area (Å²) >= 11 is 0. The van der Waals surface area contributed by atoms with Crippen LogP contribution in [0, 0.1) is 13.8 Å². The molecule has 2 aromatic carbocycles. The van der Waals surface area contributed by atoms with E-state index in [0.717, 1.165) is 11.5 Å². The Bertz CT molecular complexity index is 471. The number of rotatable bonds is 5. The highest BCUT2D eigenvalue weighted by Crippen LogP contribution is 2.16. The van der Waals surface area contributed by atoms with Crippen molar-refractivity contribution in [1.29, 1.82) is 0 Å². The summed E-state index contributed by atoms with van der Waals surface area (Å²) in [5.74, 6) is 1.78. The largest absolute Gasteiger partial charge is 0.490 e. The predicted molar refractivity (Wildman–Crippen MR) is 73.3 cm³/mol. The Morgan fingerprint density at radius 3 is 1.89 bits per heavy atom. The topological polar surface area (TPSA) is 18.5 Å². The Hall–Kier alpha value is -1.96. The van der Waals surface area contributed by atoms with Crippen LogP contribution >= 0.6 is 0 Å². The normalized spacial score (nSPS) is 10.1. The fourth-order valence-corrected chi connectivity index (χ4v) is 1.85. The first kappa shape index (κ1) is 12.5. The van der Waals surface area contributed by atoms with Crippen LogP contribution in [0.3, 0.4) is 0 Å². The number of hydrogen-bond acceptors (Lipinski definition) is 2. The summed E-state index contributed by atoms with van der Waals surface area (Å²) in [7, 11) is 0. The molecule has 0 saturated carbocycles. The van der Waals surface area contributed by atoms with Gasteiger partial charge < -0.3 is 9.47 Å². The van der Waals surface area contributed by atoms with Crippen molar-refractivity contribution >= 4 is 0 Å². The number of aryl methyl sites for hydroxylation is 2. The summed E-state index contributed by atoms with van der Waals surface area (Å²) in [6.07, 6.45) is 0. The second-order valence-electron chi connectivity index (χ2n) is 4.33. The summed E-state index contributed by atoms with van der Waals surface area (Å²) < 4.78 is 11.2. The van der Waals surface area contributed by atoms with Gasteiger partial charge in [0.25, 0.3) is 0 Å². The molecule has 2 nitrogen and oxygen atoms in total. The molecule has 0 spiro atoms. The molecule has 2 rings (SSSR count). The van der Waals surface area contributed by atoms with E-state index in [4.69, 9.17) is 9.47 Å². The molecular weight excluding hydrogens is 224 g/mol. The lowest BCUT2D eigenvalue weighted by Crippen LogP contribution is -2.09. The zero-order valence-electron chi connectivity index (χ0n) is 10.8. The van der Waals surface area contributed by atoms with E-state index in [2.05, 4.69) is 19.9 Å². The van der Waals surface area contributed by atoms with Crippen LogP contribution in [0.4, 0.5) is 0 Å². The van der Waals surface area contributed by atoms with Crippen molar-refractivity contribution in [1.82, 2.24) is 0 Å². The van der Waals surface area contributed by atoms with Gasteiger partial charge in [-0.25, -0.2) is 0 Å². The molecule has 0 atom stereocenters. The van der Waals surface area contributed by atoms with E-state index < -0.39 is 0 Å². The molecule has 0 fully saturated rings. The smallest absolute Gasteiger partial charge is 0.122 e. The molecule has 0 unspecified atom stereocenters. The average molecular weight is 242 g/mol. The van der Waals surface area contributed by atoms with Crippen LogP contribution in [-0.4, -0.2) is 13.2 Å². The molecule has 0 radical (unpaired) electrons. The van der Waals surface area contributed by atoms with Crippen LogP contribution < -0.4 is 9.47 Å². The molecule has 0 aromatic heterocycles. The van der Waals surface area contributed by atoms with Gasteiger partial charge in [0, 0.05) is 0 Å². The quantitative estimate of drug-likeness (QED) is 0.743. The van der Waals surface area contributed by atoms with Crippen molar-refractivity contribution in [3.8, 4) is 11.5 Å². The Kier molecular flexibility index (Phi) is 4.24. The van der Waals surface area contributed by atoms with Crippen molar-refractivity contribution in [2.75, 3.05) is 13.2 Å². The first-order valence-electron chi connectivity index (χ1n) is 6.13. The van der Waals surface area contributed by atoms with Crippen LogP contribution in [0.25, 0.3) is 0 Å². The highest BCUT2D eigenvalue weighted by molar-refractivity contribution is 5.33. The van der Waals surface area contributed by atoms with Crippen molar-refractivity contribution in [2.45, 2.75) is 13.8 Å². The first-order valence-corrected chi connectivity index (χ1v) is 6.13. The van der Waals surface area contributed by atoms with Gasteiger partial charge in [-0.05, 0) is 49.2 Å². The molecule has 0 bridgehead atoms. The maximum atomic E-state index is 5.66. The molecule has 2 heteroatoms. The summed E-state index contributed by atoms with van der Waals surface area (Å²) in [4.78, 5) is 0. The molecule has 18 heavy (non-hydrogen) atoms. The van der Waals surface area contributed by atoms with Crippen molar-refractivity contribution in [2.24, 2.45) is 0 Å². The highest BCUT2D eigenvalue weighted by Gasteiger charge is 1.97. The fraction of sp³-hybridized carbons (Fsp3) is 0.250. The van der Waals surface area contributed by atoms with Crippen LogP contribution in [0.5, 0.6) is 11.5 Å². The lowest BCUT2D eigenvalue weighted by Gasteiger charge is -2.09. The summed E-state index contributed by atoms with van der Waals surface area (Å²) in [6.45, 7) is 5.25. The molecule has 0 saturated heterocycles. The lowest BCUT2D eigenvalue weighted by molar-refractivity contribution is 0.217. The van der Waals surface area contributed by atoms with E-state index in [0.29, 0.717) is 13.2 Å². The second kappa shape index (κ2) is 6.10. The van der Waals surface area contributed by atoms with E-state index in [9.17, 15) is 0 Å². The Labute approximate surface area is 108 Å². The zero-order valence-corrected chi connectivity index (χ0v) is 10.8. The number of hydrogen-bond donors (Lipinski definition) is 0. The second-order valence-corrected chi connectivity index (χ2v) is 4.33. The average Bonchev–Trinajstić information content (AvgIpc) is 2.35. The van der Waals surface area contributed by atoms with Gasteiger partial charge in [0.2, 0.25) is 0 Å². The summed E-state index contributed by atoms with van der Waals surface area (Å²) in [5, 5.41) is 0. The number of para-hydroxylation sites is 1. The van der Waals surface area contributed by atoms with Crippen molar-refractivity contribution in [3.63, 3.8) is 0 Å². The maximum absolute atomic E-state index is 5.66. The third kappa shape index (κ3) is 3.81. The molecule has 2 aromatic rings. The molecule has 0 aliphatic heterocycles. The zero-order chi connectivity index (χ0) is 12.8. The van der Waals surface area contributed by atoms with E-state index >= 15 is 0 Å². The van der Waals surface area contributed by atoms with Crippen molar-refractivity contribution in [3.05, 3.63) is 59.7 Å². The van der Waals surface area contributed by atoms with Gasteiger partial charge in [-0.1, -0.05) is 24.3 Å². The molecule has 0 N–H and O–H groups in total. The van der Waals surface area contributed by atoms with Crippen LogP contribution in [0.15, 0.2) is 48.5 Å². The Morgan fingerprint density at radius 1 is 0.722 bits per heavy atom. The van der Waals surface area contributed by atoms with Gasteiger partial charge in [0.1, 0.15) is 24.7 Å². The summed E-state index contributed by atoms with van der Waals surface area (Å²) in [5.41, 5.74) is 2.43.